The van der Waals surface area contributed by atoms with Gasteiger partial charge in [0.05, 0.1) is 11.1 Å². The van der Waals surface area contributed by atoms with Gasteiger partial charge >= 0.3 is 12.1 Å². The summed E-state index contributed by atoms with van der Waals surface area (Å²) in [4.78, 5) is 19.5. The van der Waals surface area contributed by atoms with Gasteiger partial charge in [-0.3, -0.25) is 0 Å². The lowest BCUT2D eigenvalue weighted by Crippen LogP contribution is -2.05. The lowest BCUT2D eigenvalue weighted by Gasteiger charge is -2.11. The van der Waals surface area contributed by atoms with Crippen molar-refractivity contribution in [2.75, 3.05) is 10.6 Å². The summed E-state index contributed by atoms with van der Waals surface area (Å²) >= 11 is 0. The van der Waals surface area contributed by atoms with Crippen molar-refractivity contribution < 1.29 is 23.1 Å². The van der Waals surface area contributed by atoms with E-state index in [-0.39, 0.29) is 11.5 Å². The van der Waals surface area contributed by atoms with E-state index >= 15 is 0 Å². The molecule has 0 spiro atoms. The van der Waals surface area contributed by atoms with Gasteiger partial charge in [-0.2, -0.15) is 18.2 Å². The fourth-order valence-corrected chi connectivity index (χ4v) is 2.44. The van der Waals surface area contributed by atoms with E-state index in [1.54, 1.807) is 25.1 Å². The zero-order valence-corrected chi connectivity index (χ0v) is 14.6. The summed E-state index contributed by atoms with van der Waals surface area (Å²) in [7, 11) is 0. The highest BCUT2D eigenvalue weighted by Crippen LogP contribution is 2.30. The number of hydrogen-bond donors (Lipinski definition) is 3. The number of nitrogens with one attached hydrogen (secondary N) is 2. The maximum Gasteiger partial charge on any atom is 0.416 e. The molecule has 144 valence electrons. The molecule has 2 aromatic carbocycles. The lowest BCUT2D eigenvalue weighted by atomic mass is 10.2. The van der Waals surface area contributed by atoms with E-state index < -0.39 is 17.7 Å². The summed E-state index contributed by atoms with van der Waals surface area (Å²) < 4.78 is 37.9. The minimum atomic E-state index is -4.40. The number of carbonyl (C=O) groups is 1. The van der Waals surface area contributed by atoms with Gasteiger partial charge in [-0.1, -0.05) is 6.07 Å². The molecule has 9 heteroatoms. The number of rotatable bonds is 5. The highest BCUT2D eigenvalue weighted by atomic mass is 19.4. The van der Waals surface area contributed by atoms with Gasteiger partial charge in [0.15, 0.2) is 0 Å². The summed E-state index contributed by atoms with van der Waals surface area (Å²) in [6.45, 7) is 1.73. The first-order valence-electron chi connectivity index (χ1n) is 8.11. The molecule has 0 amide bonds. The fourth-order valence-electron chi connectivity index (χ4n) is 2.44. The monoisotopic (exact) mass is 388 g/mol. The molecule has 3 aromatic rings. The van der Waals surface area contributed by atoms with Crippen LogP contribution in [0.4, 0.5) is 36.3 Å². The van der Waals surface area contributed by atoms with Crippen molar-refractivity contribution in [1.82, 2.24) is 9.97 Å². The van der Waals surface area contributed by atoms with Gasteiger partial charge in [-0.15, -0.1) is 0 Å². The molecule has 0 bridgehead atoms. The van der Waals surface area contributed by atoms with Gasteiger partial charge < -0.3 is 15.7 Å². The average Bonchev–Trinajstić information content (AvgIpc) is 2.61. The molecule has 28 heavy (non-hydrogen) atoms. The summed E-state index contributed by atoms with van der Waals surface area (Å²) in [6.07, 6.45) is -4.40. The van der Waals surface area contributed by atoms with Crippen LogP contribution in [-0.2, 0) is 6.18 Å². The number of carboxylic acids is 1. The predicted octanol–water partition coefficient (Wildman–Crippen LogP) is 4.99. The van der Waals surface area contributed by atoms with Gasteiger partial charge in [-0.05, 0) is 49.4 Å². The first-order chi connectivity index (χ1) is 13.2. The van der Waals surface area contributed by atoms with E-state index in [0.29, 0.717) is 22.9 Å². The maximum atomic E-state index is 12.6. The topological polar surface area (TPSA) is 87.1 Å². The minimum absolute atomic E-state index is 0.124. The van der Waals surface area contributed by atoms with Crippen molar-refractivity contribution in [3.8, 4) is 0 Å². The number of anilines is 4. The van der Waals surface area contributed by atoms with Crippen LogP contribution in [0.15, 0.2) is 54.6 Å². The normalized spacial score (nSPS) is 11.1. The number of nitrogens with zero attached hydrogens (tertiary/aromatic N) is 2. The Bertz CT molecular complexity index is 1000. The summed E-state index contributed by atoms with van der Waals surface area (Å²) in [5.41, 5.74) is 0.917. The first kappa shape index (κ1) is 19.2. The number of carboxylic acid groups (broad SMARTS) is 1. The largest absolute Gasteiger partial charge is 0.478 e. The van der Waals surface area contributed by atoms with Crippen LogP contribution < -0.4 is 10.6 Å². The van der Waals surface area contributed by atoms with Crippen LogP contribution in [0.25, 0.3) is 0 Å². The van der Waals surface area contributed by atoms with Gasteiger partial charge in [-0.25, -0.2) is 9.78 Å². The molecule has 0 atom stereocenters. The molecule has 0 radical (unpaired) electrons. The number of hydrogen-bond acceptors (Lipinski definition) is 5. The van der Waals surface area contributed by atoms with Crippen LogP contribution >= 0.6 is 0 Å². The molecule has 1 aromatic heterocycles. The van der Waals surface area contributed by atoms with Crippen LogP contribution in [0.3, 0.4) is 0 Å². The van der Waals surface area contributed by atoms with Crippen LogP contribution in [0.2, 0.25) is 0 Å². The van der Waals surface area contributed by atoms with Crippen molar-refractivity contribution in [1.29, 1.82) is 0 Å². The molecule has 3 rings (SSSR count). The Morgan fingerprint density at radius 1 is 0.964 bits per heavy atom. The zero-order valence-electron chi connectivity index (χ0n) is 14.6. The molecule has 0 unspecified atom stereocenters. The molecule has 0 aliphatic heterocycles. The molecule has 0 saturated carbocycles. The quantitative estimate of drug-likeness (QED) is 0.571. The van der Waals surface area contributed by atoms with Crippen molar-refractivity contribution in [2.24, 2.45) is 0 Å². The van der Waals surface area contributed by atoms with Gasteiger partial charge in [0.2, 0.25) is 5.95 Å². The molecule has 3 N–H and O–H groups in total. The molecule has 1 heterocycles. The maximum absolute atomic E-state index is 12.6. The average molecular weight is 388 g/mol. The summed E-state index contributed by atoms with van der Waals surface area (Å²) in [6, 6.07) is 12.4. The second-order valence-corrected chi connectivity index (χ2v) is 5.93. The Labute approximate surface area is 158 Å². The Morgan fingerprint density at radius 3 is 2.32 bits per heavy atom. The number of aromatic nitrogens is 2. The van der Waals surface area contributed by atoms with E-state index in [2.05, 4.69) is 20.6 Å². The molecule has 0 aliphatic rings. The second-order valence-electron chi connectivity index (χ2n) is 5.93. The van der Waals surface area contributed by atoms with E-state index in [4.69, 9.17) is 5.11 Å². The van der Waals surface area contributed by atoms with Gasteiger partial charge in [0.25, 0.3) is 0 Å². The standard InChI is InChI=1S/C19H15F3N4O2/c1-11-9-16(24-15-4-2-3-12(10-15)17(27)28)26-18(23-11)25-14-7-5-13(6-8-14)19(20,21)22/h2-10H,1H3,(H,27,28)(H2,23,24,25,26). The van der Waals surface area contributed by atoms with Crippen LogP contribution in [0, 0.1) is 6.92 Å². The van der Waals surface area contributed by atoms with Crippen molar-refractivity contribution in [3.05, 3.63) is 71.4 Å². The van der Waals surface area contributed by atoms with Crippen LogP contribution in [0.1, 0.15) is 21.6 Å². The number of aryl methyl sites for hydroxylation is 1. The molecular formula is C19H15F3N4O2. The number of benzene rings is 2. The predicted molar refractivity (Wildman–Crippen MR) is 98.2 cm³/mol. The third-order valence-corrected chi connectivity index (χ3v) is 3.70. The van der Waals surface area contributed by atoms with Crippen molar-refractivity contribution in [3.63, 3.8) is 0 Å². The lowest BCUT2D eigenvalue weighted by molar-refractivity contribution is -0.137. The summed E-state index contributed by atoms with van der Waals surface area (Å²) in [5, 5.41) is 14.9. The van der Waals surface area contributed by atoms with Gasteiger partial charge in [0.1, 0.15) is 5.82 Å². The number of halogens is 3. The van der Waals surface area contributed by atoms with Gasteiger partial charge in [0, 0.05) is 23.1 Å². The Morgan fingerprint density at radius 2 is 1.68 bits per heavy atom. The third kappa shape index (κ3) is 4.76. The third-order valence-electron chi connectivity index (χ3n) is 3.70. The molecular weight excluding hydrogens is 373 g/mol. The highest BCUT2D eigenvalue weighted by Gasteiger charge is 2.29. The minimum Gasteiger partial charge on any atom is -0.478 e. The second kappa shape index (κ2) is 7.55. The Hall–Kier alpha value is -3.62. The van der Waals surface area contributed by atoms with Crippen molar-refractivity contribution >= 4 is 29.1 Å². The smallest absolute Gasteiger partial charge is 0.416 e. The molecule has 0 aliphatic carbocycles. The highest BCUT2D eigenvalue weighted by molar-refractivity contribution is 5.89. The van der Waals surface area contributed by atoms with Crippen LogP contribution in [-0.4, -0.2) is 21.0 Å². The SMILES string of the molecule is Cc1cc(Nc2cccc(C(=O)O)c2)nc(Nc2ccc(C(F)(F)F)cc2)n1. The number of aromatic carboxylic acids is 1. The fraction of sp³-hybridized carbons (Fsp3) is 0.105. The Kier molecular flexibility index (Phi) is 5.16. The Balaban J connectivity index is 1.80. The summed E-state index contributed by atoms with van der Waals surface area (Å²) in [5.74, 6) is -0.451. The van der Waals surface area contributed by atoms with E-state index in [9.17, 15) is 18.0 Å². The van der Waals surface area contributed by atoms with E-state index in [0.717, 1.165) is 12.1 Å². The molecule has 6 nitrogen and oxygen atoms in total. The first-order valence-corrected chi connectivity index (χ1v) is 8.11. The van der Waals surface area contributed by atoms with E-state index in [1.165, 1.54) is 24.3 Å². The zero-order chi connectivity index (χ0) is 20.3. The van der Waals surface area contributed by atoms with Crippen molar-refractivity contribution in [2.45, 2.75) is 13.1 Å². The molecule has 0 fully saturated rings. The number of alkyl halides is 3. The van der Waals surface area contributed by atoms with Crippen LogP contribution in [0.5, 0.6) is 0 Å². The molecule has 0 saturated heterocycles. The van der Waals surface area contributed by atoms with E-state index in [1.807, 2.05) is 0 Å².